The second-order valence-corrected chi connectivity index (χ2v) is 9.83. The average molecular weight is 567 g/mol. The Bertz CT molecular complexity index is 1750. The predicted octanol–water partition coefficient (Wildman–Crippen LogP) is 4.60. The van der Waals surface area contributed by atoms with Crippen molar-refractivity contribution in [2.75, 3.05) is 31.0 Å². The molecule has 0 radical (unpaired) electrons. The molecule has 1 fully saturated rings. The fraction of sp³-hybridized carbons (Fsp3) is 0.161. The monoisotopic (exact) mass is 566 g/mol. The Morgan fingerprint density at radius 2 is 1.76 bits per heavy atom. The fourth-order valence-corrected chi connectivity index (χ4v) is 4.49. The van der Waals surface area contributed by atoms with Gasteiger partial charge in [0.1, 0.15) is 11.6 Å². The van der Waals surface area contributed by atoms with E-state index < -0.39 is 0 Å². The smallest absolute Gasteiger partial charge is 0.251 e. The third kappa shape index (κ3) is 6.06. The SMILES string of the molecule is COc1cc(C(=O)NC2COC2)ccc1Nc1nc2ccc(-c3ccc(NC(=O)Cc4ccc(F)cc4)cc3)cn2n1. The van der Waals surface area contributed by atoms with E-state index in [1.54, 1.807) is 34.8 Å². The van der Waals surface area contributed by atoms with Crippen molar-refractivity contribution in [3.05, 3.63) is 102 Å². The molecule has 0 spiro atoms. The molecule has 212 valence electrons. The van der Waals surface area contributed by atoms with Gasteiger partial charge in [0.25, 0.3) is 5.91 Å². The highest BCUT2D eigenvalue weighted by molar-refractivity contribution is 5.95. The van der Waals surface area contributed by atoms with E-state index in [-0.39, 0.29) is 30.1 Å². The number of ether oxygens (including phenoxy) is 2. The summed E-state index contributed by atoms with van der Waals surface area (Å²) in [5.41, 5.74) is 4.98. The number of anilines is 3. The van der Waals surface area contributed by atoms with Crippen molar-refractivity contribution in [2.45, 2.75) is 12.5 Å². The number of methoxy groups -OCH3 is 1. The number of nitrogens with one attached hydrogen (secondary N) is 3. The molecule has 0 unspecified atom stereocenters. The topological polar surface area (TPSA) is 119 Å². The lowest BCUT2D eigenvalue weighted by molar-refractivity contribution is -0.115. The number of hydrogen-bond acceptors (Lipinski definition) is 7. The first-order valence-electron chi connectivity index (χ1n) is 13.3. The molecular weight excluding hydrogens is 539 g/mol. The summed E-state index contributed by atoms with van der Waals surface area (Å²) in [6.07, 6.45) is 2.02. The molecule has 3 heterocycles. The summed E-state index contributed by atoms with van der Waals surface area (Å²) in [6.45, 7) is 1.04. The maximum absolute atomic E-state index is 13.1. The Morgan fingerprint density at radius 3 is 2.48 bits per heavy atom. The zero-order chi connectivity index (χ0) is 29.1. The number of carbonyl (C=O) groups is 2. The molecule has 3 N–H and O–H groups in total. The van der Waals surface area contributed by atoms with Crippen LogP contribution in [-0.4, -0.2) is 52.8 Å². The molecule has 1 saturated heterocycles. The van der Waals surface area contributed by atoms with Crippen LogP contribution in [0.25, 0.3) is 16.8 Å². The number of halogens is 1. The summed E-state index contributed by atoms with van der Waals surface area (Å²) >= 11 is 0. The zero-order valence-electron chi connectivity index (χ0n) is 22.6. The van der Waals surface area contributed by atoms with Crippen LogP contribution in [0.3, 0.4) is 0 Å². The standard InChI is InChI=1S/C31H27FN6O4/c1-41-27-15-21(30(40)34-25-17-42-18-25)6-12-26(27)35-31-36-28-13-7-22(16-38(28)37-31)20-4-10-24(11-5-20)33-29(39)14-19-2-8-23(32)9-3-19/h2-13,15-16,25H,14,17-18H2,1H3,(H,33,39)(H,34,40)(H,35,37). The highest BCUT2D eigenvalue weighted by Gasteiger charge is 2.21. The Hall–Kier alpha value is -5.29. The number of amides is 2. The molecule has 6 rings (SSSR count). The van der Waals surface area contributed by atoms with Crippen molar-refractivity contribution in [1.29, 1.82) is 0 Å². The second kappa shape index (κ2) is 11.7. The first kappa shape index (κ1) is 26.9. The Balaban J connectivity index is 1.12. The van der Waals surface area contributed by atoms with Crippen molar-refractivity contribution in [1.82, 2.24) is 19.9 Å². The van der Waals surface area contributed by atoms with Crippen LogP contribution in [0.2, 0.25) is 0 Å². The molecule has 10 nitrogen and oxygen atoms in total. The highest BCUT2D eigenvalue weighted by atomic mass is 19.1. The summed E-state index contributed by atoms with van der Waals surface area (Å²) in [7, 11) is 1.54. The van der Waals surface area contributed by atoms with E-state index in [1.165, 1.54) is 19.2 Å². The van der Waals surface area contributed by atoms with Crippen molar-refractivity contribution < 1.29 is 23.5 Å². The first-order chi connectivity index (χ1) is 20.4. The lowest BCUT2D eigenvalue weighted by atomic mass is 10.1. The van der Waals surface area contributed by atoms with Gasteiger partial charge in [0.05, 0.1) is 38.5 Å². The molecule has 0 aliphatic carbocycles. The van der Waals surface area contributed by atoms with Crippen LogP contribution in [0.5, 0.6) is 5.75 Å². The summed E-state index contributed by atoms with van der Waals surface area (Å²) in [5, 5.41) is 13.5. The minimum absolute atomic E-state index is 0.0335. The maximum atomic E-state index is 13.1. The van der Waals surface area contributed by atoms with Crippen molar-refractivity contribution in [2.24, 2.45) is 0 Å². The van der Waals surface area contributed by atoms with Gasteiger partial charge in [0, 0.05) is 23.0 Å². The van der Waals surface area contributed by atoms with Gasteiger partial charge < -0.3 is 25.4 Å². The van der Waals surface area contributed by atoms with Crippen LogP contribution in [-0.2, 0) is 16.0 Å². The van der Waals surface area contributed by atoms with Gasteiger partial charge >= 0.3 is 0 Å². The third-order valence-electron chi connectivity index (χ3n) is 6.79. The molecule has 2 amide bonds. The van der Waals surface area contributed by atoms with Crippen LogP contribution in [0.4, 0.5) is 21.7 Å². The number of benzene rings is 3. The number of fused-ring (bicyclic) bond motifs is 1. The molecule has 1 aliphatic rings. The largest absolute Gasteiger partial charge is 0.495 e. The van der Waals surface area contributed by atoms with Crippen LogP contribution in [0.1, 0.15) is 15.9 Å². The van der Waals surface area contributed by atoms with Crippen LogP contribution in [0, 0.1) is 5.82 Å². The lowest BCUT2D eigenvalue weighted by Crippen LogP contribution is -2.48. The van der Waals surface area contributed by atoms with Gasteiger partial charge in [0.2, 0.25) is 11.9 Å². The molecule has 0 bridgehead atoms. The van der Waals surface area contributed by atoms with E-state index in [0.717, 1.165) is 16.7 Å². The van der Waals surface area contributed by atoms with Gasteiger partial charge in [-0.2, -0.15) is 4.98 Å². The Kier molecular flexibility index (Phi) is 7.48. The molecule has 11 heteroatoms. The van der Waals surface area contributed by atoms with Crippen LogP contribution >= 0.6 is 0 Å². The summed E-state index contributed by atoms with van der Waals surface area (Å²) in [5.74, 6) is 0.147. The first-order valence-corrected chi connectivity index (χ1v) is 13.3. The predicted molar refractivity (Wildman–Crippen MR) is 156 cm³/mol. The van der Waals surface area contributed by atoms with E-state index in [0.29, 0.717) is 47.5 Å². The van der Waals surface area contributed by atoms with E-state index in [4.69, 9.17) is 9.47 Å². The molecular formula is C31H27FN6O4. The van der Waals surface area contributed by atoms with Crippen LogP contribution < -0.4 is 20.7 Å². The van der Waals surface area contributed by atoms with E-state index in [1.807, 2.05) is 42.6 Å². The molecule has 3 aromatic carbocycles. The van der Waals surface area contributed by atoms with Gasteiger partial charge in [-0.1, -0.05) is 24.3 Å². The summed E-state index contributed by atoms with van der Waals surface area (Å²) in [6, 6.07) is 22.3. The van der Waals surface area contributed by atoms with E-state index in [2.05, 4.69) is 26.0 Å². The molecule has 2 aromatic heterocycles. The van der Waals surface area contributed by atoms with Crippen molar-refractivity contribution in [3.63, 3.8) is 0 Å². The van der Waals surface area contributed by atoms with Gasteiger partial charge in [-0.15, -0.1) is 5.10 Å². The second-order valence-electron chi connectivity index (χ2n) is 9.83. The van der Waals surface area contributed by atoms with E-state index in [9.17, 15) is 14.0 Å². The highest BCUT2D eigenvalue weighted by Crippen LogP contribution is 2.29. The minimum atomic E-state index is -0.334. The summed E-state index contributed by atoms with van der Waals surface area (Å²) in [4.78, 5) is 29.4. The molecule has 0 atom stereocenters. The number of pyridine rings is 1. The van der Waals surface area contributed by atoms with Gasteiger partial charge in [-0.3, -0.25) is 9.59 Å². The Morgan fingerprint density at radius 1 is 1.00 bits per heavy atom. The Labute approximate surface area is 240 Å². The summed E-state index contributed by atoms with van der Waals surface area (Å²) < 4.78 is 25.4. The molecule has 5 aromatic rings. The molecule has 0 saturated carbocycles. The van der Waals surface area contributed by atoms with Gasteiger partial charge in [-0.25, -0.2) is 8.91 Å². The van der Waals surface area contributed by atoms with E-state index >= 15 is 0 Å². The quantitative estimate of drug-likeness (QED) is 0.239. The number of aromatic nitrogens is 3. The number of hydrogen-bond donors (Lipinski definition) is 3. The zero-order valence-corrected chi connectivity index (χ0v) is 22.6. The van der Waals surface area contributed by atoms with Gasteiger partial charge in [-0.05, 0) is 65.7 Å². The fourth-order valence-electron chi connectivity index (χ4n) is 4.49. The van der Waals surface area contributed by atoms with Crippen molar-refractivity contribution in [3.8, 4) is 16.9 Å². The van der Waals surface area contributed by atoms with Crippen molar-refractivity contribution >= 4 is 34.8 Å². The number of rotatable bonds is 9. The maximum Gasteiger partial charge on any atom is 0.251 e. The third-order valence-corrected chi connectivity index (χ3v) is 6.79. The molecule has 1 aliphatic heterocycles. The molecule has 42 heavy (non-hydrogen) atoms. The van der Waals surface area contributed by atoms with Crippen LogP contribution in [0.15, 0.2) is 85.1 Å². The number of nitrogens with zero attached hydrogens (tertiary/aromatic N) is 3. The minimum Gasteiger partial charge on any atom is -0.495 e. The lowest BCUT2D eigenvalue weighted by Gasteiger charge is -2.26. The average Bonchev–Trinajstić information content (AvgIpc) is 3.38. The normalized spacial score (nSPS) is 12.9. The van der Waals surface area contributed by atoms with Gasteiger partial charge in [0.15, 0.2) is 5.65 Å². The number of carbonyl (C=O) groups excluding carboxylic acids is 2.